The first-order chi connectivity index (χ1) is 12.3. The highest BCUT2D eigenvalue weighted by Crippen LogP contribution is 2.23. The lowest BCUT2D eigenvalue weighted by Gasteiger charge is -2.13. The topological polar surface area (TPSA) is 69.7 Å². The first kappa shape index (κ1) is 20.0. The largest absolute Gasteiger partial charge is 0.493 e. The van der Waals surface area contributed by atoms with E-state index >= 15 is 0 Å². The van der Waals surface area contributed by atoms with Gasteiger partial charge in [0.05, 0.1) is 25.0 Å². The van der Waals surface area contributed by atoms with E-state index in [-0.39, 0.29) is 5.75 Å². The number of benzene rings is 2. The van der Waals surface area contributed by atoms with Gasteiger partial charge in [0.15, 0.2) is 0 Å². The molecule has 140 valence electrons. The third kappa shape index (κ3) is 5.88. The summed E-state index contributed by atoms with van der Waals surface area (Å²) in [6.07, 6.45) is 2.26. The summed E-state index contributed by atoms with van der Waals surface area (Å²) in [5, 5.41) is 0. The first-order valence-electron chi connectivity index (χ1n) is 8.36. The van der Waals surface area contributed by atoms with Crippen LogP contribution in [0.5, 0.6) is 5.75 Å². The zero-order valence-corrected chi connectivity index (χ0v) is 16.1. The number of sulfone groups is 1. The lowest BCUT2D eigenvalue weighted by Crippen LogP contribution is -2.10. The molecule has 0 amide bonds. The molecule has 0 saturated heterocycles. The molecule has 0 heterocycles. The number of hydrogen-bond acceptors (Lipinski definition) is 5. The molecule has 2 aromatic rings. The predicted molar refractivity (Wildman–Crippen MR) is 102 cm³/mol. The smallest absolute Gasteiger partial charge is 0.337 e. The lowest BCUT2D eigenvalue weighted by molar-refractivity contribution is 0.0600. The summed E-state index contributed by atoms with van der Waals surface area (Å²) in [4.78, 5) is 11.8. The molecule has 0 saturated carbocycles. The van der Waals surface area contributed by atoms with Crippen LogP contribution in [-0.4, -0.2) is 40.1 Å². The molecule has 0 unspecified atom stereocenters. The zero-order chi connectivity index (χ0) is 19.2. The normalized spacial score (nSPS) is 11.2. The van der Waals surface area contributed by atoms with E-state index in [9.17, 15) is 13.2 Å². The van der Waals surface area contributed by atoms with Crippen molar-refractivity contribution in [3.05, 3.63) is 64.7 Å². The third-order valence-corrected chi connectivity index (χ3v) is 5.07. The molecule has 26 heavy (non-hydrogen) atoms. The molecule has 6 heteroatoms. The summed E-state index contributed by atoms with van der Waals surface area (Å²) >= 11 is 0. The summed E-state index contributed by atoms with van der Waals surface area (Å²) < 4.78 is 33.6. The summed E-state index contributed by atoms with van der Waals surface area (Å²) in [5.74, 6) is 0.0900. The Hall–Kier alpha value is -2.34. The Morgan fingerprint density at radius 2 is 1.77 bits per heavy atom. The minimum Gasteiger partial charge on any atom is -0.493 e. The van der Waals surface area contributed by atoms with Crippen LogP contribution in [-0.2, 0) is 27.4 Å². The Bertz CT molecular complexity index is 872. The van der Waals surface area contributed by atoms with Crippen LogP contribution < -0.4 is 4.74 Å². The van der Waals surface area contributed by atoms with Gasteiger partial charge in [0.25, 0.3) is 0 Å². The Morgan fingerprint density at radius 3 is 2.42 bits per heavy atom. The van der Waals surface area contributed by atoms with Crippen LogP contribution in [0.3, 0.4) is 0 Å². The number of methoxy groups -OCH3 is 1. The summed E-state index contributed by atoms with van der Waals surface area (Å²) in [6.45, 7) is 2.48. The molecule has 0 aliphatic carbocycles. The summed E-state index contributed by atoms with van der Waals surface area (Å²) in [5.41, 5.74) is 3.51. The van der Waals surface area contributed by atoms with Crippen LogP contribution >= 0.6 is 0 Å². The minimum atomic E-state index is -3.09. The van der Waals surface area contributed by atoms with Gasteiger partial charge in [-0.15, -0.1) is 0 Å². The van der Waals surface area contributed by atoms with Gasteiger partial charge in [-0.2, -0.15) is 0 Å². The van der Waals surface area contributed by atoms with E-state index in [0.717, 1.165) is 12.0 Å². The fourth-order valence-corrected chi connectivity index (χ4v) is 3.19. The SMILES string of the molecule is COC(=O)c1ccc(CCS(C)(=O)=O)c(OCCc2ccccc2C)c1. The molecule has 0 fully saturated rings. The molecular weight excluding hydrogens is 352 g/mol. The molecule has 5 nitrogen and oxygen atoms in total. The van der Waals surface area contributed by atoms with Gasteiger partial charge in [0.1, 0.15) is 15.6 Å². The fourth-order valence-electron chi connectivity index (χ4n) is 2.60. The Morgan fingerprint density at radius 1 is 1.04 bits per heavy atom. The van der Waals surface area contributed by atoms with Crippen molar-refractivity contribution in [1.82, 2.24) is 0 Å². The third-order valence-electron chi connectivity index (χ3n) is 4.12. The van der Waals surface area contributed by atoms with Crippen LogP contribution in [0.15, 0.2) is 42.5 Å². The van der Waals surface area contributed by atoms with Gasteiger partial charge in [-0.3, -0.25) is 0 Å². The van der Waals surface area contributed by atoms with Crippen molar-refractivity contribution >= 4 is 15.8 Å². The van der Waals surface area contributed by atoms with Gasteiger partial charge in [-0.05, 0) is 42.2 Å². The quantitative estimate of drug-likeness (QED) is 0.663. The van der Waals surface area contributed by atoms with Crippen molar-refractivity contribution < 1.29 is 22.7 Å². The molecular formula is C20H24O5S. The molecule has 0 aliphatic heterocycles. The van der Waals surface area contributed by atoms with Crippen molar-refractivity contribution in [1.29, 1.82) is 0 Å². The van der Waals surface area contributed by atoms with E-state index in [1.807, 2.05) is 31.2 Å². The maximum atomic E-state index is 11.8. The number of aryl methyl sites for hydroxylation is 2. The number of ether oxygens (including phenoxy) is 2. The average Bonchev–Trinajstić information content (AvgIpc) is 2.60. The van der Waals surface area contributed by atoms with Crippen LogP contribution in [0.1, 0.15) is 27.0 Å². The molecule has 0 aliphatic rings. The molecule has 0 atom stereocenters. The average molecular weight is 376 g/mol. The van der Waals surface area contributed by atoms with Crippen LogP contribution in [0.4, 0.5) is 0 Å². The molecule has 0 aromatic heterocycles. The number of carbonyl (C=O) groups is 1. The summed E-state index contributed by atoms with van der Waals surface area (Å²) in [6, 6.07) is 13.0. The van der Waals surface area contributed by atoms with E-state index in [2.05, 4.69) is 0 Å². The van der Waals surface area contributed by atoms with Gasteiger partial charge in [0.2, 0.25) is 0 Å². The second kappa shape index (κ2) is 8.85. The Labute approximate surface area is 154 Å². The first-order valence-corrected chi connectivity index (χ1v) is 10.4. The van der Waals surface area contributed by atoms with Crippen molar-refractivity contribution in [2.75, 3.05) is 25.7 Å². The maximum absolute atomic E-state index is 11.8. The maximum Gasteiger partial charge on any atom is 0.337 e. The number of carbonyl (C=O) groups excluding carboxylic acids is 1. The molecule has 2 rings (SSSR count). The van der Waals surface area contributed by atoms with Crippen LogP contribution in [0, 0.1) is 6.92 Å². The number of hydrogen-bond donors (Lipinski definition) is 0. The molecule has 0 bridgehead atoms. The Kier molecular flexibility index (Phi) is 6.80. The lowest BCUT2D eigenvalue weighted by atomic mass is 10.1. The van der Waals surface area contributed by atoms with Crippen LogP contribution in [0.25, 0.3) is 0 Å². The van der Waals surface area contributed by atoms with E-state index < -0.39 is 15.8 Å². The predicted octanol–water partition coefficient (Wildman–Crippen LogP) is 2.99. The van der Waals surface area contributed by atoms with Gasteiger partial charge < -0.3 is 9.47 Å². The number of esters is 1. The monoisotopic (exact) mass is 376 g/mol. The standard InChI is InChI=1S/C20H24O5S/c1-15-6-4-5-7-16(15)10-12-25-19-14-18(20(21)24-2)9-8-17(19)11-13-26(3,22)23/h4-9,14H,10-13H2,1-3H3. The Balaban J connectivity index is 2.16. The molecule has 2 aromatic carbocycles. The van der Waals surface area contributed by atoms with Crippen molar-refractivity contribution in [3.8, 4) is 5.75 Å². The fraction of sp³-hybridized carbons (Fsp3) is 0.350. The van der Waals surface area contributed by atoms with Gasteiger partial charge in [0, 0.05) is 12.7 Å². The van der Waals surface area contributed by atoms with E-state index in [4.69, 9.17) is 9.47 Å². The minimum absolute atomic E-state index is 0.0265. The van der Waals surface area contributed by atoms with E-state index in [0.29, 0.717) is 24.3 Å². The molecule has 0 N–H and O–H groups in total. The highest BCUT2D eigenvalue weighted by atomic mass is 32.2. The highest BCUT2D eigenvalue weighted by molar-refractivity contribution is 7.90. The zero-order valence-electron chi connectivity index (χ0n) is 15.3. The van der Waals surface area contributed by atoms with Crippen molar-refractivity contribution in [2.24, 2.45) is 0 Å². The van der Waals surface area contributed by atoms with Gasteiger partial charge in [-0.1, -0.05) is 30.3 Å². The molecule has 0 spiro atoms. The van der Waals surface area contributed by atoms with Gasteiger partial charge in [-0.25, -0.2) is 13.2 Å². The second-order valence-electron chi connectivity index (χ2n) is 6.22. The summed E-state index contributed by atoms with van der Waals surface area (Å²) in [7, 11) is -1.77. The van der Waals surface area contributed by atoms with Gasteiger partial charge >= 0.3 is 5.97 Å². The van der Waals surface area contributed by atoms with E-state index in [1.165, 1.54) is 24.5 Å². The van der Waals surface area contributed by atoms with Crippen molar-refractivity contribution in [2.45, 2.75) is 19.8 Å². The highest BCUT2D eigenvalue weighted by Gasteiger charge is 2.13. The van der Waals surface area contributed by atoms with Crippen molar-refractivity contribution in [3.63, 3.8) is 0 Å². The van der Waals surface area contributed by atoms with Crippen LogP contribution in [0.2, 0.25) is 0 Å². The number of rotatable bonds is 8. The molecule has 0 radical (unpaired) electrons. The van der Waals surface area contributed by atoms with E-state index in [1.54, 1.807) is 18.2 Å². The second-order valence-corrected chi connectivity index (χ2v) is 8.48.